The van der Waals surface area contributed by atoms with Crippen molar-refractivity contribution in [3.05, 3.63) is 65.2 Å². The fourth-order valence-electron chi connectivity index (χ4n) is 1.68. The second-order valence-corrected chi connectivity index (χ2v) is 4.06. The lowest BCUT2D eigenvalue weighted by Crippen LogP contribution is -2.26. The van der Waals surface area contributed by atoms with Crippen LogP contribution in [0.4, 0.5) is 0 Å². The van der Waals surface area contributed by atoms with Gasteiger partial charge in [0.25, 0.3) is 0 Å². The van der Waals surface area contributed by atoms with E-state index in [0.29, 0.717) is 0 Å². The van der Waals surface area contributed by atoms with Gasteiger partial charge in [0.1, 0.15) is 12.4 Å². The maximum atomic E-state index is 11.0. The van der Waals surface area contributed by atoms with Crippen LogP contribution in [0.3, 0.4) is 0 Å². The molecule has 0 unspecified atom stereocenters. The van der Waals surface area contributed by atoms with Gasteiger partial charge in [0.05, 0.1) is 11.9 Å². The Morgan fingerprint density at radius 3 is 2.25 bits per heavy atom. The van der Waals surface area contributed by atoms with Crippen molar-refractivity contribution in [2.45, 2.75) is 6.61 Å². The highest BCUT2D eigenvalue weighted by Gasteiger charge is 2.07. The molecule has 0 saturated heterocycles. The summed E-state index contributed by atoms with van der Waals surface area (Å²) in [5.41, 5.74) is 0.305. The lowest BCUT2D eigenvalue weighted by molar-refractivity contribution is -0.255. The minimum Gasteiger partial charge on any atom is -0.545 e. The average Bonchev–Trinajstić information content (AvgIpc) is 2.45. The molecule has 0 aliphatic heterocycles. The number of hydrogen-bond acceptors (Lipinski definition) is 5. The van der Waals surface area contributed by atoms with Gasteiger partial charge in [-0.05, 0) is 29.3 Å². The molecule has 0 amide bonds. The van der Waals surface area contributed by atoms with Crippen LogP contribution in [-0.2, 0) is 6.61 Å². The predicted octanol–water partition coefficient (Wildman–Crippen LogP) is -0.00740. The van der Waals surface area contributed by atoms with Crippen molar-refractivity contribution in [1.29, 1.82) is 0 Å². The number of aromatic carboxylic acids is 2. The molecule has 5 heteroatoms. The third-order valence-electron chi connectivity index (χ3n) is 2.67. The highest BCUT2D eigenvalue weighted by atomic mass is 16.5. The molecule has 0 radical (unpaired) electrons. The Balaban J connectivity index is 2.23. The summed E-state index contributed by atoms with van der Waals surface area (Å²) < 4.78 is 5.39. The van der Waals surface area contributed by atoms with Crippen molar-refractivity contribution >= 4 is 11.9 Å². The van der Waals surface area contributed by atoms with Gasteiger partial charge in [0.15, 0.2) is 0 Å². The first-order chi connectivity index (χ1) is 9.58. The van der Waals surface area contributed by atoms with Crippen LogP contribution in [0, 0.1) is 0 Å². The van der Waals surface area contributed by atoms with Crippen LogP contribution in [-0.4, -0.2) is 11.9 Å². The number of hydrogen-bond donors (Lipinski definition) is 0. The summed E-state index contributed by atoms with van der Waals surface area (Å²) in [5, 5.41) is 21.7. The van der Waals surface area contributed by atoms with Gasteiger partial charge >= 0.3 is 0 Å². The smallest absolute Gasteiger partial charge is 0.128 e. The number of carbonyl (C=O) groups is 2. The molecule has 0 aromatic heterocycles. The van der Waals surface area contributed by atoms with Crippen LogP contribution < -0.4 is 14.9 Å². The first-order valence-electron chi connectivity index (χ1n) is 5.81. The van der Waals surface area contributed by atoms with Crippen molar-refractivity contribution in [1.82, 2.24) is 0 Å². The molecule has 0 aliphatic rings. The van der Waals surface area contributed by atoms with E-state index in [1.54, 1.807) is 0 Å². The molecule has 102 valence electrons. The maximum Gasteiger partial charge on any atom is 0.128 e. The Labute approximate surface area is 115 Å². The normalized spacial score (nSPS) is 10.0. The molecule has 0 bridgehead atoms. The summed E-state index contributed by atoms with van der Waals surface area (Å²) in [5.74, 6) is -2.91. The summed E-state index contributed by atoms with van der Waals surface area (Å²) in [7, 11) is 0. The summed E-state index contributed by atoms with van der Waals surface area (Å²) in [4.78, 5) is 21.7. The molecule has 2 rings (SSSR count). The monoisotopic (exact) mass is 270 g/mol. The summed E-state index contributed by atoms with van der Waals surface area (Å²) in [6.45, 7) is 0.172. The number of carbonyl (C=O) groups excluding carboxylic acids is 2. The standard InChI is InChI=1S/C15H12O5/c16-14(17)11-6-7-13(12(8-11)15(18)19)20-9-10-4-2-1-3-5-10/h1-8H,9H2,(H,16,17)(H,18,19)/p-2. The second-order valence-electron chi connectivity index (χ2n) is 4.06. The molecule has 0 atom stereocenters. The summed E-state index contributed by atoms with van der Waals surface area (Å²) >= 11 is 0. The van der Waals surface area contributed by atoms with Crippen LogP contribution in [0.1, 0.15) is 26.3 Å². The number of ether oxygens (including phenoxy) is 1. The van der Waals surface area contributed by atoms with Crippen LogP contribution in [0.5, 0.6) is 5.75 Å². The predicted molar refractivity (Wildman–Crippen MR) is 65.9 cm³/mol. The highest BCUT2D eigenvalue weighted by Crippen LogP contribution is 2.20. The van der Waals surface area contributed by atoms with Crippen LogP contribution in [0.15, 0.2) is 48.5 Å². The van der Waals surface area contributed by atoms with E-state index in [0.717, 1.165) is 11.6 Å². The third kappa shape index (κ3) is 3.14. The van der Waals surface area contributed by atoms with Gasteiger partial charge in [-0.2, -0.15) is 0 Å². The Morgan fingerprint density at radius 1 is 0.950 bits per heavy atom. The summed E-state index contributed by atoms with van der Waals surface area (Å²) in [6.07, 6.45) is 0. The Bertz CT molecular complexity index is 634. The minimum absolute atomic E-state index is 0.0545. The molecular weight excluding hydrogens is 260 g/mol. The first kappa shape index (κ1) is 13.6. The molecule has 0 N–H and O–H groups in total. The highest BCUT2D eigenvalue weighted by molar-refractivity contribution is 5.94. The van der Waals surface area contributed by atoms with E-state index < -0.39 is 11.9 Å². The van der Waals surface area contributed by atoms with E-state index in [9.17, 15) is 19.8 Å². The number of rotatable bonds is 5. The van der Waals surface area contributed by atoms with Crippen molar-refractivity contribution < 1.29 is 24.5 Å². The van der Waals surface area contributed by atoms with Crippen molar-refractivity contribution in [3.8, 4) is 5.75 Å². The van der Waals surface area contributed by atoms with E-state index in [4.69, 9.17) is 4.74 Å². The summed E-state index contributed by atoms with van der Waals surface area (Å²) in [6, 6.07) is 12.6. The molecule has 20 heavy (non-hydrogen) atoms. The fraction of sp³-hybridized carbons (Fsp3) is 0.0667. The van der Waals surface area contributed by atoms with E-state index >= 15 is 0 Å². The topological polar surface area (TPSA) is 89.5 Å². The van der Waals surface area contributed by atoms with Gasteiger partial charge in [-0.3, -0.25) is 0 Å². The van der Waals surface area contributed by atoms with Gasteiger partial charge in [-0.15, -0.1) is 0 Å². The lowest BCUT2D eigenvalue weighted by Gasteiger charge is -2.14. The quantitative estimate of drug-likeness (QED) is 0.762. The first-order valence-corrected chi connectivity index (χ1v) is 5.81. The van der Waals surface area contributed by atoms with Crippen LogP contribution >= 0.6 is 0 Å². The number of benzene rings is 2. The molecule has 0 aliphatic carbocycles. The van der Waals surface area contributed by atoms with E-state index in [1.807, 2.05) is 30.3 Å². The molecule has 5 nitrogen and oxygen atoms in total. The average molecular weight is 270 g/mol. The number of carboxylic acids is 2. The lowest BCUT2D eigenvalue weighted by atomic mass is 10.1. The molecule has 2 aromatic carbocycles. The number of carboxylic acid groups (broad SMARTS) is 2. The largest absolute Gasteiger partial charge is 0.545 e. The van der Waals surface area contributed by atoms with Gasteiger partial charge in [-0.1, -0.05) is 30.3 Å². The maximum absolute atomic E-state index is 11.0. The van der Waals surface area contributed by atoms with Crippen LogP contribution in [0.25, 0.3) is 0 Å². The van der Waals surface area contributed by atoms with E-state index in [2.05, 4.69) is 0 Å². The molecule has 0 saturated carbocycles. The zero-order valence-corrected chi connectivity index (χ0v) is 10.4. The van der Waals surface area contributed by atoms with Crippen molar-refractivity contribution in [2.24, 2.45) is 0 Å². The van der Waals surface area contributed by atoms with Crippen LogP contribution in [0.2, 0.25) is 0 Å². The molecular formula is C15H10O5-2. The molecule has 0 fully saturated rings. The molecule has 0 spiro atoms. The van der Waals surface area contributed by atoms with Crippen molar-refractivity contribution in [2.75, 3.05) is 0 Å². The zero-order chi connectivity index (χ0) is 14.5. The minimum atomic E-state index is -1.50. The Kier molecular flexibility index (Phi) is 4.00. The van der Waals surface area contributed by atoms with Gasteiger partial charge in [0.2, 0.25) is 0 Å². The second kappa shape index (κ2) is 5.88. The third-order valence-corrected chi connectivity index (χ3v) is 2.67. The Morgan fingerprint density at radius 2 is 1.65 bits per heavy atom. The molecule has 0 heterocycles. The van der Waals surface area contributed by atoms with Gasteiger partial charge in [0, 0.05) is 5.56 Å². The van der Waals surface area contributed by atoms with E-state index in [-0.39, 0.29) is 23.5 Å². The zero-order valence-electron chi connectivity index (χ0n) is 10.4. The van der Waals surface area contributed by atoms with Gasteiger partial charge < -0.3 is 24.5 Å². The van der Waals surface area contributed by atoms with E-state index in [1.165, 1.54) is 12.1 Å². The van der Waals surface area contributed by atoms with Crippen molar-refractivity contribution in [3.63, 3.8) is 0 Å². The Hall–Kier alpha value is -2.82. The van der Waals surface area contributed by atoms with Gasteiger partial charge in [-0.25, -0.2) is 0 Å². The molecule has 2 aromatic rings. The SMILES string of the molecule is O=C([O-])c1ccc(OCc2ccccc2)c(C(=O)[O-])c1. The fourth-order valence-corrected chi connectivity index (χ4v) is 1.68.